The van der Waals surface area contributed by atoms with Crippen LogP contribution in [0.4, 0.5) is 0 Å². The highest BCUT2D eigenvalue weighted by Crippen LogP contribution is 2.10. The monoisotopic (exact) mass is 425 g/mol. The highest BCUT2D eigenvalue weighted by molar-refractivity contribution is 7.85. The quantitative estimate of drug-likeness (QED) is 0.408. The third-order valence-corrected chi connectivity index (χ3v) is 4.67. The molecule has 0 aliphatic carbocycles. The SMILES string of the molecule is O=S(=O)(O)CCN(CC(O)COc1ccccc1)CC(O)COc1ccccc1. The summed E-state index contributed by atoms with van der Waals surface area (Å²) < 4.78 is 42.2. The number of hydrogen-bond acceptors (Lipinski definition) is 7. The lowest BCUT2D eigenvalue weighted by Gasteiger charge is -2.27. The summed E-state index contributed by atoms with van der Waals surface area (Å²) >= 11 is 0. The summed E-state index contributed by atoms with van der Waals surface area (Å²) in [7, 11) is -4.17. The molecule has 0 fully saturated rings. The van der Waals surface area contributed by atoms with Gasteiger partial charge in [0.2, 0.25) is 0 Å². The van der Waals surface area contributed by atoms with Crippen LogP contribution in [0, 0.1) is 0 Å². The van der Waals surface area contributed by atoms with Crippen LogP contribution in [0.3, 0.4) is 0 Å². The van der Waals surface area contributed by atoms with E-state index in [1.54, 1.807) is 29.2 Å². The van der Waals surface area contributed by atoms with E-state index in [1.165, 1.54) is 0 Å². The predicted octanol–water partition coefficient (Wildman–Crippen LogP) is 1.06. The molecule has 0 bridgehead atoms. The van der Waals surface area contributed by atoms with Gasteiger partial charge in [-0.25, -0.2) is 0 Å². The minimum atomic E-state index is -4.17. The number of benzene rings is 2. The highest BCUT2D eigenvalue weighted by atomic mass is 32.2. The first-order valence-corrected chi connectivity index (χ1v) is 10.8. The fraction of sp³-hybridized carbons (Fsp3) is 0.400. The summed E-state index contributed by atoms with van der Waals surface area (Å²) in [5.74, 6) is 0.700. The first-order valence-electron chi connectivity index (χ1n) is 9.21. The summed E-state index contributed by atoms with van der Waals surface area (Å²) in [4.78, 5) is 1.55. The number of nitrogens with zero attached hydrogens (tertiary/aromatic N) is 1. The molecule has 0 spiro atoms. The first kappa shape index (κ1) is 23.1. The lowest BCUT2D eigenvalue weighted by atomic mass is 10.2. The molecule has 29 heavy (non-hydrogen) atoms. The van der Waals surface area contributed by atoms with Gasteiger partial charge in [0.25, 0.3) is 10.1 Å². The Labute approximate surface area is 171 Å². The highest BCUT2D eigenvalue weighted by Gasteiger charge is 2.19. The largest absolute Gasteiger partial charge is 0.491 e. The van der Waals surface area contributed by atoms with E-state index in [-0.39, 0.29) is 32.8 Å². The standard InChI is InChI=1S/C20H27NO7S/c22-17(15-27-19-7-3-1-4-8-19)13-21(11-12-29(24,25)26)14-18(23)16-28-20-9-5-2-6-10-20/h1-10,17-18,22-23H,11-16H2,(H,24,25,26). The van der Waals surface area contributed by atoms with E-state index in [1.807, 2.05) is 36.4 Å². The summed E-state index contributed by atoms with van der Waals surface area (Å²) in [6.45, 7) is 0.0745. The van der Waals surface area contributed by atoms with Crippen LogP contribution >= 0.6 is 0 Å². The van der Waals surface area contributed by atoms with Gasteiger partial charge in [0.05, 0.1) is 5.75 Å². The summed E-state index contributed by atoms with van der Waals surface area (Å²) in [5.41, 5.74) is 0. The maximum atomic E-state index is 11.1. The van der Waals surface area contributed by atoms with Crippen molar-refractivity contribution in [2.24, 2.45) is 0 Å². The number of hydrogen-bond donors (Lipinski definition) is 3. The Morgan fingerprint density at radius 2 is 1.21 bits per heavy atom. The van der Waals surface area contributed by atoms with Gasteiger partial charge in [-0.2, -0.15) is 8.42 Å². The molecule has 2 unspecified atom stereocenters. The van der Waals surface area contributed by atoms with Crippen molar-refractivity contribution in [1.29, 1.82) is 0 Å². The van der Waals surface area contributed by atoms with E-state index in [0.717, 1.165) is 0 Å². The van der Waals surface area contributed by atoms with Crippen molar-refractivity contribution in [2.45, 2.75) is 12.2 Å². The van der Waals surface area contributed by atoms with Crippen molar-refractivity contribution < 1.29 is 32.7 Å². The maximum absolute atomic E-state index is 11.1. The molecular weight excluding hydrogens is 398 g/mol. The Balaban J connectivity index is 1.85. The van der Waals surface area contributed by atoms with Crippen molar-refractivity contribution in [3.05, 3.63) is 60.7 Å². The molecule has 2 aromatic carbocycles. The molecule has 0 aromatic heterocycles. The molecule has 0 saturated carbocycles. The number of aliphatic hydroxyl groups is 2. The molecule has 160 valence electrons. The van der Waals surface area contributed by atoms with Crippen LogP contribution in [-0.4, -0.2) is 78.9 Å². The molecule has 9 heteroatoms. The van der Waals surface area contributed by atoms with Gasteiger partial charge in [-0.3, -0.25) is 9.45 Å². The van der Waals surface area contributed by atoms with Crippen molar-refractivity contribution in [2.75, 3.05) is 38.6 Å². The van der Waals surface area contributed by atoms with Crippen LogP contribution in [-0.2, 0) is 10.1 Å². The Bertz CT molecular complexity index is 751. The van der Waals surface area contributed by atoms with Gasteiger partial charge in [0, 0.05) is 19.6 Å². The molecule has 0 aliphatic heterocycles. The van der Waals surface area contributed by atoms with Crippen LogP contribution < -0.4 is 9.47 Å². The second-order valence-corrected chi connectivity index (χ2v) is 8.17. The number of aliphatic hydroxyl groups excluding tert-OH is 2. The van der Waals surface area contributed by atoms with Gasteiger partial charge in [-0.1, -0.05) is 36.4 Å². The molecule has 8 nitrogen and oxygen atoms in total. The second kappa shape index (κ2) is 11.7. The van der Waals surface area contributed by atoms with Gasteiger partial charge in [0.15, 0.2) is 0 Å². The Hall–Kier alpha value is -2.17. The smallest absolute Gasteiger partial charge is 0.266 e. The van der Waals surface area contributed by atoms with Gasteiger partial charge in [-0.15, -0.1) is 0 Å². The van der Waals surface area contributed by atoms with Crippen LogP contribution in [0.25, 0.3) is 0 Å². The van der Waals surface area contributed by atoms with Gasteiger partial charge in [-0.05, 0) is 24.3 Å². The second-order valence-electron chi connectivity index (χ2n) is 6.60. The average molecular weight is 426 g/mol. The van der Waals surface area contributed by atoms with Gasteiger partial charge >= 0.3 is 0 Å². The molecule has 2 atom stereocenters. The van der Waals surface area contributed by atoms with Crippen molar-refractivity contribution in [3.8, 4) is 11.5 Å². The van der Waals surface area contributed by atoms with Crippen LogP contribution in [0.1, 0.15) is 0 Å². The Kier molecular flexibility index (Phi) is 9.36. The van der Waals surface area contributed by atoms with Crippen molar-refractivity contribution in [1.82, 2.24) is 4.90 Å². The molecule has 2 rings (SSSR count). The van der Waals surface area contributed by atoms with Gasteiger partial charge in [0.1, 0.15) is 36.9 Å². The number of para-hydroxylation sites is 2. The molecule has 0 aliphatic rings. The van der Waals surface area contributed by atoms with E-state index in [2.05, 4.69) is 0 Å². The normalized spacial score (nSPS) is 13.8. The molecular formula is C20H27NO7S. The fourth-order valence-corrected chi connectivity index (χ4v) is 3.11. The average Bonchev–Trinajstić information content (AvgIpc) is 2.70. The van der Waals surface area contributed by atoms with Gasteiger partial charge < -0.3 is 19.7 Å². The molecule has 0 amide bonds. The molecule has 0 saturated heterocycles. The lowest BCUT2D eigenvalue weighted by molar-refractivity contribution is 0.0335. The van der Waals surface area contributed by atoms with Crippen LogP contribution in [0.5, 0.6) is 11.5 Å². The number of ether oxygens (including phenoxy) is 2. The third kappa shape index (κ3) is 10.2. The predicted molar refractivity (Wildman–Crippen MR) is 109 cm³/mol. The minimum absolute atomic E-state index is 0.00298. The van der Waals surface area contributed by atoms with Crippen molar-refractivity contribution >= 4 is 10.1 Å². The summed E-state index contributed by atoms with van der Waals surface area (Å²) in [6, 6.07) is 18.0. The fourth-order valence-electron chi connectivity index (χ4n) is 2.62. The molecule has 0 radical (unpaired) electrons. The van der Waals surface area contributed by atoms with E-state index in [0.29, 0.717) is 11.5 Å². The molecule has 2 aromatic rings. The van der Waals surface area contributed by atoms with E-state index >= 15 is 0 Å². The zero-order valence-corrected chi connectivity index (χ0v) is 16.8. The van der Waals surface area contributed by atoms with E-state index in [9.17, 15) is 18.6 Å². The lowest BCUT2D eigenvalue weighted by Crippen LogP contribution is -2.43. The minimum Gasteiger partial charge on any atom is -0.491 e. The summed E-state index contributed by atoms with van der Waals surface area (Å²) in [6.07, 6.45) is -1.84. The number of rotatable bonds is 13. The van der Waals surface area contributed by atoms with Crippen molar-refractivity contribution in [3.63, 3.8) is 0 Å². The zero-order chi connectivity index (χ0) is 21.1. The Morgan fingerprint density at radius 3 is 1.59 bits per heavy atom. The maximum Gasteiger partial charge on any atom is 0.266 e. The molecule has 3 N–H and O–H groups in total. The van der Waals surface area contributed by atoms with Crippen LogP contribution in [0.15, 0.2) is 60.7 Å². The first-order chi connectivity index (χ1) is 13.8. The molecule has 0 heterocycles. The topological polar surface area (TPSA) is 117 Å². The Morgan fingerprint density at radius 1 is 0.793 bits per heavy atom. The van der Waals surface area contributed by atoms with E-state index < -0.39 is 28.1 Å². The zero-order valence-electron chi connectivity index (χ0n) is 16.0. The third-order valence-electron chi connectivity index (χ3n) is 3.97. The summed E-state index contributed by atoms with van der Waals surface area (Å²) in [5, 5.41) is 20.5. The van der Waals surface area contributed by atoms with Crippen LogP contribution in [0.2, 0.25) is 0 Å². The van der Waals surface area contributed by atoms with E-state index in [4.69, 9.17) is 14.0 Å².